The highest BCUT2D eigenvalue weighted by Crippen LogP contribution is 2.43. The van der Waals surface area contributed by atoms with E-state index in [1.807, 2.05) is 66.7 Å². The molecule has 3 nitrogen and oxygen atoms in total. The predicted molar refractivity (Wildman–Crippen MR) is 171 cm³/mol. The summed E-state index contributed by atoms with van der Waals surface area (Å²) in [6, 6.07) is 34.4. The molecule has 0 atom stereocenters. The van der Waals surface area contributed by atoms with Crippen LogP contribution in [0.2, 0.25) is 0 Å². The van der Waals surface area contributed by atoms with Gasteiger partial charge in [-0.2, -0.15) is 0 Å². The van der Waals surface area contributed by atoms with Crippen LogP contribution >= 0.6 is 35.3 Å². The molecule has 0 radical (unpaired) electrons. The number of hydrogen-bond acceptors (Lipinski definition) is 6. The smallest absolute Gasteiger partial charge is 0.339 e. The minimum atomic E-state index is -0.376. The van der Waals surface area contributed by atoms with Crippen LogP contribution in [-0.2, 0) is 18.0 Å². The van der Waals surface area contributed by atoms with Crippen molar-refractivity contribution in [3.63, 3.8) is 0 Å². The largest absolute Gasteiger partial charge is 0.488 e. The molecule has 6 heteroatoms. The van der Waals surface area contributed by atoms with E-state index in [9.17, 15) is 4.79 Å². The number of ether oxygens (including phenoxy) is 2. The molecule has 0 N–H and O–H groups in total. The highest BCUT2D eigenvalue weighted by molar-refractivity contribution is 8.01. The van der Waals surface area contributed by atoms with Gasteiger partial charge in [0.05, 0.1) is 5.56 Å². The van der Waals surface area contributed by atoms with Crippen molar-refractivity contribution in [1.82, 2.24) is 0 Å². The highest BCUT2D eigenvalue weighted by atomic mass is 32.2. The molecule has 0 aliphatic carbocycles. The van der Waals surface area contributed by atoms with Crippen LogP contribution in [0, 0.1) is 0 Å². The second-order valence-corrected chi connectivity index (χ2v) is 11.7. The van der Waals surface area contributed by atoms with Gasteiger partial charge in [-0.15, -0.1) is 35.3 Å². The van der Waals surface area contributed by atoms with Gasteiger partial charge in [0.2, 0.25) is 0 Å². The van der Waals surface area contributed by atoms with Crippen molar-refractivity contribution < 1.29 is 14.3 Å². The summed E-state index contributed by atoms with van der Waals surface area (Å²) in [6.45, 7) is 0.597. The predicted octanol–water partition coefficient (Wildman–Crippen LogP) is 9.61. The van der Waals surface area contributed by atoms with Gasteiger partial charge in [-0.3, -0.25) is 0 Å². The third-order valence-corrected chi connectivity index (χ3v) is 9.08. The van der Waals surface area contributed by atoms with Crippen LogP contribution in [0.4, 0.5) is 0 Å². The van der Waals surface area contributed by atoms with Crippen molar-refractivity contribution in [2.24, 2.45) is 0 Å². The first-order chi connectivity index (χ1) is 19.6. The molecule has 5 aromatic rings. The molecule has 0 aromatic heterocycles. The van der Waals surface area contributed by atoms with Crippen molar-refractivity contribution >= 4 is 52.0 Å². The Balaban J connectivity index is 1.69. The van der Waals surface area contributed by atoms with Gasteiger partial charge in [-0.1, -0.05) is 72.8 Å². The van der Waals surface area contributed by atoms with Crippen LogP contribution in [-0.4, -0.2) is 24.7 Å². The summed E-state index contributed by atoms with van der Waals surface area (Å²) in [5, 5.41) is 1.94. The van der Waals surface area contributed by atoms with E-state index in [1.54, 1.807) is 35.3 Å². The van der Waals surface area contributed by atoms with Crippen LogP contribution in [0.5, 0.6) is 5.75 Å². The molecule has 0 spiro atoms. The average molecular weight is 583 g/mol. The fraction of sp³-hybridized carbons (Fsp3) is 0.147. The van der Waals surface area contributed by atoms with Gasteiger partial charge in [0.15, 0.2) is 0 Å². The Morgan fingerprint density at radius 2 is 1.23 bits per heavy atom. The molecule has 5 rings (SSSR count). The lowest BCUT2D eigenvalue weighted by atomic mass is 9.92. The number of fused-ring (bicyclic) bond motifs is 1. The normalized spacial score (nSPS) is 11.0. The minimum Gasteiger partial charge on any atom is -0.488 e. The Labute approximate surface area is 248 Å². The lowest BCUT2D eigenvalue weighted by Crippen LogP contribution is -2.09. The number of benzene rings is 5. The molecule has 0 saturated heterocycles. The van der Waals surface area contributed by atoms with E-state index in [2.05, 4.69) is 55.2 Å². The monoisotopic (exact) mass is 582 g/mol. The van der Waals surface area contributed by atoms with E-state index in [1.165, 1.54) is 9.79 Å². The third kappa shape index (κ3) is 6.35. The van der Waals surface area contributed by atoms with E-state index < -0.39 is 0 Å². The second kappa shape index (κ2) is 13.4. The minimum absolute atomic E-state index is 0.199. The fourth-order valence-electron chi connectivity index (χ4n) is 4.60. The van der Waals surface area contributed by atoms with Gasteiger partial charge in [0, 0.05) is 25.6 Å². The van der Waals surface area contributed by atoms with Crippen molar-refractivity contribution in [2.45, 2.75) is 27.9 Å². The topological polar surface area (TPSA) is 35.5 Å². The zero-order chi connectivity index (χ0) is 27.9. The zero-order valence-corrected chi connectivity index (χ0v) is 25.1. The van der Waals surface area contributed by atoms with E-state index >= 15 is 0 Å². The maximum Gasteiger partial charge on any atom is 0.339 e. The third-order valence-electron chi connectivity index (χ3n) is 6.65. The summed E-state index contributed by atoms with van der Waals surface area (Å²) in [7, 11) is 0. The van der Waals surface area contributed by atoms with Crippen LogP contribution in [0.25, 0.3) is 21.9 Å². The van der Waals surface area contributed by atoms with Crippen molar-refractivity contribution in [1.29, 1.82) is 0 Å². The summed E-state index contributed by atoms with van der Waals surface area (Å²) >= 11 is 5.10. The van der Waals surface area contributed by atoms with Gasteiger partial charge in [-0.25, -0.2) is 4.79 Å². The maximum absolute atomic E-state index is 13.8. The van der Waals surface area contributed by atoms with Crippen LogP contribution < -0.4 is 4.74 Å². The molecule has 40 heavy (non-hydrogen) atoms. The molecule has 0 saturated carbocycles. The van der Waals surface area contributed by atoms with Gasteiger partial charge in [0.25, 0.3) is 0 Å². The maximum atomic E-state index is 13.8. The molecule has 0 aliphatic rings. The first kappa shape index (κ1) is 28.2. The lowest BCUT2D eigenvalue weighted by molar-refractivity contribution is 0.0473. The van der Waals surface area contributed by atoms with Gasteiger partial charge in [0.1, 0.15) is 19.0 Å². The molecule has 5 aromatic carbocycles. The van der Waals surface area contributed by atoms with E-state index in [4.69, 9.17) is 9.47 Å². The average Bonchev–Trinajstić information content (AvgIpc) is 3.02. The summed E-state index contributed by atoms with van der Waals surface area (Å²) in [6.07, 6.45) is 6.23. The molecule has 0 amide bonds. The summed E-state index contributed by atoms with van der Waals surface area (Å²) in [5.74, 6) is 0.289. The van der Waals surface area contributed by atoms with Crippen LogP contribution in [0.15, 0.2) is 118 Å². The number of esters is 1. The van der Waals surface area contributed by atoms with Crippen molar-refractivity contribution in [3.8, 4) is 16.9 Å². The molecular weight excluding hydrogens is 553 g/mol. The number of hydrogen-bond donors (Lipinski definition) is 0. The molecule has 0 aliphatic heterocycles. The number of carbonyl (C=O) groups is 1. The zero-order valence-electron chi connectivity index (χ0n) is 22.7. The highest BCUT2D eigenvalue weighted by Gasteiger charge is 2.23. The number of carbonyl (C=O) groups excluding carboxylic acids is 1. The molecule has 0 unspecified atom stereocenters. The van der Waals surface area contributed by atoms with Crippen LogP contribution in [0.3, 0.4) is 0 Å². The van der Waals surface area contributed by atoms with E-state index in [0.717, 1.165) is 37.9 Å². The molecule has 202 valence electrons. The summed E-state index contributed by atoms with van der Waals surface area (Å²) in [4.78, 5) is 17.3. The fourth-order valence-corrected chi connectivity index (χ4v) is 6.50. The summed E-state index contributed by atoms with van der Waals surface area (Å²) in [5.41, 5.74) is 4.32. The Morgan fingerprint density at radius 1 is 0.650 bits per heavy atom. The number of thioether (sulfide) groups is 3. The van der Waals surface area contributed by atoms with Gasteiger partial charge in [-0.05, 0) is 71.2 Å². The van der Waals surface area contributed by atoms with E-state index in [-0.39, 0.29) is 12.6 Å². The first-order valence-corrected chi connectivity index (χ1v) is 16.5. The molecule has 0 fully saturated rings. The van der Waals surface area contributed by atoms with Gasteiger partial charge < -0.3 is 9.47 Å². The van der Waals surface area contributed by atoms with Gasteiger partial charge >= 0.3 is 5.97 Å². The van der Waals surface area contributed by atoms with Crippen molar-refractivity contribution in [2.75, 3.05) is 18.8 Å². The Bertz CT molecular complexity index is 1600. The summed E-state index contributed by atoms with van der Waals surface area (Å²) < 4.78 is 12.3. The Kier molecular flexibility index (Phi) is 9.42. The standard InChI is InChI=1S/C34H30O3S3/c1-38-26-16-14-25(15-17-26)33-28-20-32(40-3)31(39-2)19-27(28)30(36-21-23-10-6-4-7-11-23)18-29(33)34(35)37-22-24-12-8-5-9-13-24/h4-20H,21-22H2,1-3H3. The number of rotatable bonds is 10. The lowest BCUT2D eigenvalue weighted by Gasteiger charge is -2.19. The first-order valence-electron chi connectivity index (χ1n) is 12.9. The second-order valence-electron chi connectivity index (χ2n) is 9.11. The van der Waals surface area contributed by atoms with E-state index in [0.29, 0.717) is 17.9 Å². The quantitative estimate of drug-likeness (QED) is 0.121. The molecular formula is C34H30O3S3. The van der Waals surface area contributed by atoms with Crippen LogP contribution in [0.1, 0.15) is 21.5 Å². The SMILES string of the molecule is CSc1ccc(-c2c(C(=O)OCc3ccccc3)cc(OCc3ccccc3)c3cc(SC)c(SC)cc23)cc1. The Morgan fingerprint density at radius 3 is 1.80 bits per heavy atom. The molecule has 0 bridgehead atoms. The Hall–Kier alpha value is -3.32. The van der Waals surface area contributed by atoms with Crippen molar-refractivity contribution in [3.05, 3.63) is 120 Å². The molecule has 0 heterocycles.